The second-order valence-corrected chi connectivity index (χ2v) is 7.17. The van der Waals surface area contributed by atoms with Gasteiger partial charge >= 0.3 is 5.97 Å². The molecule has 1 aliphatic heterocycles. The topological polar surface area (TPSA) is 206 Å². The van der Waals surface area contributed by atoms with E-state index in [0.29, 0.717) is 11.2 Å². The van der Waals surface area contributed by atoms with E-state index < -0.39 is 55.4 Å². The summed E-state index contributed by atoms with van der Waals surface area (Å²) in [5.74, 6) is -0.699. The standard InChI is InChI=1S/C17H21N5O8/c18-14-10-15(20-4-19-14)22(5-21-10)16-13(27)12(26)9(30-16)3-29-17(28)6-1-7(23)11(25)8(24)2-6/h1,4-5,7-9,11-13,16,23-27H,2-3H2,(H2,18,19,20)/t7?,8?,9-,11?,12-,13-,16-/m1/s1. The minimum atomic E-state index is -1.40. The van der Waals surface area contributed by atoms with Crippen molar-refractivity contribution in [1.29, 1.82) is 0 Å². The predicted molar refractivity (Wildman–Crippen MR) is 97.3 cm³/mol. The minimum Gasteiger partial charge on any atom is -0.459 e. The van der Waals surface area contributed by atoms with Crippen LogP contribution in [0.3, 0.4) is 0 Å². The maximum atomic E-state index is 12.2. The SMILES string of the molecule is Nc1ncnc2c1ncn2[C@@H]1O[C@H](COC(=O)C2=CC(O)C(O)C(O)C2)[C@@H](O)[C@H]1O. The maximum Gasteiger partial charge on any atom is 0.333 e. The smallest absolute Gasteiger partial charge is 0.333 e. The highest BCUT2D eigenvalue weighted by Gasteiger charge is 2.45. The second kappa shape index (κ2) is 7.86. The van der Waals surface area contributed by atoms with Gasteiger partial charge in [-0.05, 0) is 6.08 Å². The van der Waals surface area contributed by atoms with Crippen molar-refractivity contribution < 1.29 is 39.8 Å². The Kier molecular flexibility index (Phi) is 5.40. The van der Waals surface area contributed by atoms with Crippen molar-refractivity contribution in [1.82, 2.24) is 19.5 Å². The monoisotopic (exact) mass is 423 g/mol. The van der Waals surface area contributed by atoms with Gasteiger partial charge in [0.05, 0.1) is 12.4 Å². The molecule has 30 heavy (non-hydrogen) atoms. The number of nitrogen functional groups attached to an aromatic ring is 1. The van der Waals surface area contributed by atoms with Gasteiger partial charge in [0.1, 0.15) is 49.0 Å². The van der Waals surface area contributed by atoms with Gasteiger partial charge in [-0.2, -0.15) is 0 Å². The lowest BCUT2D eigenvalue weighted by molar-refractivity contribution is -0.147. The van der Waals surface area contributed by atoms with E-state index in [2.05, 4.69) is 15.0 Å². The van der Waals surface area contributed by atoms with Crippen LogP contribution in [0.25, 0.3) is 11.2 Å². The molecule has 7 N–H and O–H groups in total. The van der Waals surface area contributed by atoms with Gasteiger partial charge in [-0.15, -0.1) is 0 Å². The van der Waals surface area contributed by atoms with Crippen LogP contribution < -0.4 is 5.73 Å². The molecule has 0 bridgehead atoms. The lowest BCUT2D eigenvalue weighted by Crippen LogP contribution is -2.41. The molecule has 3 heterocycles. The van der Waals surface area contributed by atoms with Crippen LogP contribution in [0.2, 0.25) is 0 Å². The van der Waals surface area contributed by atoms with E-state index in [1.807, 2.05) is 0 Å². The minimum absolute atomic E-state index is 0.0161. The molecule has 13 nitrogen and oxygen atoms in total. The van der Waals surface area contributed by atoms with Gasteiger partial charge in [0.15, 0.2) is 17.7 Å². The van der Waals surface area contributed by atoms with Gasteiger partial charge in [-0.25, -0.2) is 19.7 Å². The molecule has 1 saturated heterocycles. The highest BCUT2D eigenvalue weighted by molar-refractivity contribution is 5.89. The summed E-state index contributed by atoms with van der Waals surface area (Å²) in [4.78, 5) is 24.2. The van der Waals surface area contributed by atoms with Crippen LogP contribution in [0, 0.1) is 0 Å². The van der Waals surface area contributed by atoms with Crippen molar-refractivity contribution in [2.45, 2.75) is 49.3 Å². The number of carbonyl (C=O) groups is 1. The van der Waals surface area contributed by atoms with Gasteiger partial charge in [-0.1, -0.05) is 0 Å². The summed E-state index contributed by atoms with van der Waals surface area (Å²) in [6, 6.07) is 0. The fourth-order valence-electron chi connectivity index (χ4n) is 3.50. The Hall–Kier alpha value is -2.68. The average Bonchev–Trinajstić information content (AvgIpc) is 3.26. The lowest BCUT2D eigenvalue weighted by Gasteiger charge is -2.27. The summed E-state index contributed by atoms with van der Waals surface area (Å²) in [6.45, 7) is -0.399. The fraction of sp³-hybridized carbons (Fsp3) is 0.529. The first-order valence-corrected chi connectivity index (χ1v) is 9.14. The Morgan fingerprint density at radius 1 is 1.17 bits per heavy atom. The Balaban J connectivity index is 1.44. The Labute approximate surface area is 169 Å². The van der Waals surface area contributed by atoms with Gasteiger partial charge in [-0.3, -0.25) is 4.57 Å². The van der Waals surface area contributed by atoms with E-state index in [4.69, 9.17) is 15.2 Å². The van der Waals surface area contributed by atoms with Crippen LogP contribution in [-0.2, 0) is 14.3 Å². The van der Waals surface area contributed by atoms with Gasteiger partial charge < -0.3 is 40.7 Å². The zero-order valence-electron chi connectivity index (χ0n) is 15.5. The molecule has 1 fully saturated rings. The van der Waals surface area contributed by atoms with E-state index >= 15 is 0 Å². The van der Waals surface area contributed by atoms with E-state index in [-0.39, 0.29) is 17.8 Å². The Morgan fingerprint density at radius 2 is 1.93 bits per heavy atom. The van der Waals surface area contributed by atoms with Crippen molar-refractivity contribution in [3.8, 4) is 0 Å². The molecule has 2 aromatic heterocycles. The zero-order valence-corrected chi connectivity index (χ0v) is 15.5. The highest BCUT2D eigenvalue weighted by atomic mass is 16.6. The summed E-state index contributed by atoms with van der Waals surface area (Å²) in [7, 11) is 0. The molecular formula is C17H21N5O8. The highest BCUT2D eigenvalue weighted by Crippen LogP contribution is 2.32. The van der Waals surface area contributed by atoms with Crippen LogP contribution in [0.5, 0.6) is 0 Å². The molecule has 3 unspecified atom stereocenters. The summed E-state index contributed by atoms with van der Waals surface area (Å²) in [5.41, 5.74) is 6.33. The number of nitrogens with two attached hydrogens (primary N) is 1. The van der Waals surface area contributed by atoms with Crippen molar-refractivity contribution in [3.63, 3.8) is 0 Å². The number of aliphatic hydroxyl groups excluding tert-OH is 5. The Bertz CT molecular complexity index is 980. The summed E-state index contributed by atoms with van der Waals surface area (Å²) >= 11 is 0. The third-order valence-corrected chi connectivity index (χ3v) is 5.18. The second-order valence-electron chi connectivity index (χ2n) is 7.17. The van der Waals surface area contributed by atoms with Crippen LogP contribution >= 0.6 is 0 Å². The quantitative estimate of drug-likeness (QED) is 0.272. The number of rotatable bonds is 4. The molecule has 2 aliphatic rings. The maximum absolute atomic E-state index is 12.2. The molecule has 162 valence electrons. The first-order chi connectivity index (χ1) is 14.3. The first kappa shape index (κ1) is 20.6. The number of carbonyl (C=O) groups excluding carboxylic acids is 1. The normalized spacial score (nSPS) is 34.2. The first-order valence-electron chi connectivity index (χ1n) is 9.14. The molecule has 4 rings (SSSR count). The number of hydrogen-bond acceptors (Lipinski definition) is 12. The number of nitrogens with zero attached hydrogens (tertiary/aromatic N) is 4. The van der Waals surface area contributed by atoms with E-state index in [1.165, 1.54) is 17.2 Å². The van der Waals surface area contributed by atoms with E-state index in [1.54, 1.807) is 0 Å². The molecular weight excluding hydrogens is 402 g/mol. The van der Waals surface area contributed by atoms with Crippen molar-refractivity contribution in [3.05, 3.63) is 24.3 Å². The summed E-state index contributed by atoms with van der Waals surface area (Å²) in [5, 5.41) is 49.6. The molecule has 0 radical (unpaired) electrons. The van der Waals surface area contributed by atoms with Gasteiger partial charge in [0.25, 0.3) is 0 Å². The molecule has 0 amide bonds. The van der Waals surface area contributed by atoms with Gasteiger partial charge in [0, 0.05) is 12.0 Å². The van der Waals surface area contributed by atoms with Crippen molar-refractivity contribution in [2.24, 2.45) is 0 Å². The molecule has 0 saturated carbocycles. The zero-order chi connectivity index (χ0) is 21.6. The third kappa shape index (κ3) is 3.51. The van der Waals surface area contributed by atoms with Crippen LogP contribution in [-0.4, -0.2) is 94.3 Å². The number of esters is 1. The molecule has 2 aromatic rings. The molecule has 1 aliphatic carbocycles. The number of hydrogen-bond donors (Lipinski definition) is 6. The molecule has 7 atom stereocenters. The van der Waals surface area contributed by atoms with E-state index in [0.717, 1.165) is 6.08 Å². The van der Waals surface area contributed by atoms with Crippen molar-refractivity contribution in [2.75, 3.05) is 12.3 Å². The average molecular weight is 423 g/mol. The Morgan fingerprint density at radius 3 is 2.67 bits per heavy atom. The van der Waals surface area contributed by atoms with Crippen LogP contribution in [0.1, 0.15) is 12.6 Å². The number of ether oxygens (including phenoxy) is 2. The number of aliphatic hydroxyl groups is 5. The number of aromatic nitrogens is 4. The summed E-state index contributed by atoms with van der Waals surface area (Å²) in [6.07, 6.45) is -5.49. The fourth-order valence-corrected chi connectivity index (χ4v) is 3.50. The molecule has 0 aromatic carbocycles. The van der Waals surface area contributed by atoms with Gasteiger partial charge in [0.2, 0.25) is 0 Å². The van der Waals surface area contributed by atoms with Crippen LogP contribution in [0.4, 0.5) is 5.82 Å². The number of imidazole rings is 1. The molecule has 0 spiro atoms. The van der Waals surface area contributed by atoms with E-state index in [9.17, 15) is 30.3 Å². The number of fused-ring (bicyclic) bond motifs is 1. The number of anilines is 1. The predicted octanol–water partition coefficient (Wildman–Crippen LogP) is -3.02. The van der Waals surface area contributed by atoms with Crippen molar-refractivity contribution >= 4 is 23.0 Å². The summed E-state index contributed by atoms with van der Waals surface area (Å²) < 4.78 is 12.2. The molecule has 13 heteroatoms. The van der Waals surface area contributed by atoms with Crippen LogP contribution in [0.15, 0.2) is 24.3 Å². The third-order valence-electron chi connectivity index (χ3n) is 5.18. The lowest BCUT2D eigenvalue weighted by atomic mass is 9.92. The largest absolute Gasteiger partial charge is 0.459 e.